The molecule has 1 aliphatic heterocycles. The quantitative estimate of drug-likeness (QED) is 0.566. The minimum Gasteiger partial charge on any atom is -0.348 e. The third-order valence-corrected chi connectivity index (χ3v) is 6.69. The zero-order chi connectivity index (χ0) is 19.8. The number of rotatable bonds is 5. The fourth-order valence-corrected chi connectivity index (χ4v) is 4.76. The molecule has 146 valence electrons. The van der Waals surface area contributed by atoms with Gasteiger partial charge in [-0.15, -0.1) is 0 Å². The molecule has 3 rings (SSSR count). The van der Waals surface area contributed by atoms with Crippen LogP contribution in [-0.2, 0) is 23.5 Å². The summed E-state index contributed by atoms with van der Waals surface area (Å²) in [5.74, 6) is 0.434. The summed E-state index contributed by atoms with van der Waals surface area (Å²) in [6.45, 7) is 5.00. The van der Waals surface area contributed by atoms with E-state index in [-0.39, 0.29) is 23.7 Å². The highest BCUT2D eigenvalue weighted by molar-refractivity contribution is 7.89. The van der Waals surface area contributed by atoms with Crippen LogP contribution in [0.4, 0.5) is 11.5 Å². The van der Waals surface area contributed by atoms with Crippen LogP contribution in [0.2, 0.25) is 0 Å². The van der Waals surface area contributed by atoms with E-state index in [0.717, 1.165) is 5.56 Å². The van der Waals surface area contributed by atoms with Gasteiger partial charge in [0.15, 0.2) is 0 Å². The third-order valence-electron chi connectivity index (χ3n) is 4.78. The monoisotopic (exact) mass is 393 g/mol. The number of hydrogen-bond acceptors (Lipinski definition) is 6. The maximum Gasteiger partial charge on any atom is 0.334 e. The normalized spacial score (nSPS) is 15.9. The van der Waals surface area contributed by atoms with Crippen molar-refractivity contribution in [1.29, 1.82) is 0 Å². The molecule has 1 fully saturated rings. The Balaban J connectivity index is 1.81. The first-order valence-electron chi connectivity index (χ1n) is 8.77. The molecule has 10 heteroatoms. The number of nitro groups is 1. The predicted molar refractivity (Wildman–Crippen MR) is 101 cm³/mol. The number of aryl methyl sites for hydroxylation is 3. The summed E-state index contributed by atoms with van der Waals surface area (Å²) in [6.07, 6.45) is 0.464. The lowest BCUT2D eigenvalue weighted by atomic mass is 10.2. The zero-order valence-electron chi connectivity index (χ0n) is 15.6. The summed E-state index contributed by atoms with van der Waals surface area (Å²) in [6, 6.07) is 6.76. The summed E-state index contributed by atoms with van der Waals surface area (Å²) in [5.41, 5.74) is 1.44. The van der Waals surface area contributed by atoms with Crippen LogP contribution in [0.15, 0.2) is 29.2 Å². The summed E-state index contributed by atoms with van der Waals surface area (Å²) < 4.78 is 28.6. The van der Waals surface area contributed by atoms with Gasteiger partial charge in [-0.2, -0.15) is 9.40 Å². The van der Waals surface area contributed by atoms with Gasteiger partial charge in [-0.3, -0.25) is 10.1 Å². The van der Waals surface area contributed by atoms with Crippen LogP contribution < -0.4 is 4.90 Å². The Bertz CT molecular complexity index is 944. The highest BCUT2D eigenvalue weighted by Gasteiger charge is 2.34. The lowest BCUT2D eigenvalue weighted by Crippen LogP contribution is -2.49. The smallest absolute Gasteiger partial charge is 0.334 e. The molecule has 1 aromatic carbocycles. The largest absolute Gasteiger partial charge is 0.348 e. The molecular formula is C17H23N5O4S. The number of hydrogen-bond donors (Lipinski definition) is 0. The van der Waals surface area contributed by atoms with Gasteiger partial charge >= 0.3 is 5.69 Å². The Morgan fingerprint density at radius 1 is 1.15 bits per heavy atom. The molecular weight excluding hydrogens is 370 g/mol. The van der Waals surface area contributed by atoms with E-state index in [1.165, 1.54) is 8.99 Å². The van der Waals surface area contributed by atoms with E-state index < -0.39 is 14.9 Å². The number of aromatic nitrogens is 2. The molecule has 27 heavy (non-hydrogen) atoms. The molecule has 1 aliphatic rings. The summed E-state index contributed by atoms with van der Waals surface area (Å²) in [4.78, 5) is 13.2. The first-order valence-corrected chi connectivity index (χ1v) is 10.2. The van der Waals surface area contributed by atoms with E-state index >= 15 is 0 Å². The molecule has 0 unspecified atom stereocenters. The summed E-state index contributed by atoms with van der Waals surface area (Å²) >= 11 is 0. The number of benzene rings is 1. The van der Waals surface area contributed by atoms with Crippen LogP contribution in [-0.4, -0.2) is 53.6 Å². The van der Waals surface area contributed by atoms with Crippen molar-refractivity contribution >= 4 is 21.5 Å². The van der Waals surface area contributed by atoms with Gasteiger partial charge in [-0.25, -0.2) is 13.1 Å². The Hall–Kier alpha value is -2.46. The van der Waals surface area contributed by atoms with E-state index in [9.17, 15) is 18.5 Å². The van der Waals surface area contributed by atoms with Crippen LogP contribution in [0.1, 0.15) is 18.2 Å². The molecule has 0 atom stereocenters. The van der Waals surface area contributed by atoms with Gasteiger partial charge in [0.05, 0.1) is 9.82 Å². The first-order chi connectivity index (χ1) is 12.8. The van der Waals surface area contributed by atoms with E-state index in [1.807, 2.05) is 18.7 Å². The standard InChI is InChI=1S/C17H23N5O4S/c1-4-15-16(22(23)24)17(19(3)18-15)20-9-11-21(12-10-20)27(25,26)14-7-5-13(2)6-8-14/h5-8H,4,9-12H2,1-3H3. The number of anilines is 1. The number of piperazine rings is 1. The van der Waals surface area contributed by atoms with Crippen molar-refractivity contribution in [2.24, 2.45) is 7.05 Å². The van der Waals surface area contributed by atoms with E-state index in [4.69, 9.17) is 0 Å². The third kappa shape index (κ3) is 3.54. The van der Waals surface area contributed by atoms with Crippen molar-refractivity contribution in [3.8, 4) is 0 Å². The van der Waals surface area contributed by atoms with Crippen molar-refractivity contribution in [3.05, 3.63) is 45.6 Å². The topological polar surface area (TPSA) is 102 Å². The molecule has 0 saturated carbocycles. The van der Waals surface area contributed by atoms with Gasteiger partial charge in [-0.1, -0.05) is 24.6 Å². The van der Waals surface area contributed by atoms with Crippen molar-refractivity contribution in [2.75, 3.05) is 31.1 Å². The van der Waals surface area contributed by atoms with Crippen molar-refractivity contribution in [1.82, 2.24) is 14.1 Å². The molecule has 2 aromatic rings. The Morgan fingerprint density at radius 3 is 2.26 bits per heavy atom. The van der Waals surface area contributed by atoms with Crippen LogP contribution in [0.25, 0.3) is 0 Å². The highest BCUT2D eigenvalue weighted by Crippen LogP contribution is 2.32. The van der Waals surface area contributed by atoms with Crippen LogP contribution in [0.3, 0.4) is 0 Å². The Morgan fingerprint density at radius 2 is 1.74 bits per heavy atom. The van der Waals surface area contributed by atoms with Crippen LogP contribution in [0, 0.1) is 17.0 Å². The van der Waals surface area contributed by atoms with Gasteiger partial charge < -0.3 is 4.90 Å². The van der Waals surface area contributed by atoms with Gasteiger partial charge in [0.2, 0.25) is 15.8 Å². The molecule has 2 heterocycles. The molecule has 9 nitrogen and oxygen atoms in total. The summed E-state index contributed by atoms with van der Waals surface area (Å²) in [7, 11) is -1.89. The first kappa shape index (κ1) is 19.3. The van der Waals surface area contributed by atoms with Crippen LogP contribution in [0.5, 0.6) is 0 Å². The second-order valence-corrected chi connectivity index (χ2v) is 8.50. The van der Waals surface area contributed by atoms with Gasteiger partial charge in [0.25, 0.3) is 0 Å². The number of nitrogens with zero attached hydrogens (tertiary/aromatic N) is 5. The minimum absolute atomic E-state index is 0.00911. The van der Waals surface area contributed by atoms with E-state index in [2.05, 4.69) is 5.10 Å². The highest BCUT2D eigenvalue weighted by atomic mass is 32.2. The fraction of sp³-hybridized carbons (Fsp3) is 0.471. The molecule has 0 spiro atoms. The molecule has 1 aromatic heterocycles. The molecule has 0 aliphatic carbocycles. The maximum atomic E-state index is 12.8. The van der Waals surface area contributed by atoms with Gasteiger partial charge in [-0.05, 0) is 25.5 Å². The molecule has 0 amide bonds. The molecule has 0 radical (unpaired) electrons. The molecule has 0 N–H and O–H groups in total. The van der Waals surface area contributed by atoms with E-state index in [0.29, 0.717) is 31.0 Å². The average molecular weight is 393 g/mol. The lowest BCUT2D eigenvalue weighted by molar-refractivity contribution is -0.384. The summed E-state index contributed by atoms with van der Waals surface area (Å²) in [5, 5.41) is 15.8. The Labute approximate surface area is 158 Å². The van der Waals surface area contributed by atoms with Crippen molar-refractivity contribution in [2.45, 2.75) is 25.2 Å². The molecule has 0 bridgehead atoms. The maximum absolute atomic E-state index is 12.8. The zero-order valence-corrected chi connectivity index (χ0v) is 16.4. The molecule has 1 saturated heterocycles. The number of sulfonamides is 1. The van der Waals surface area contributed by atoms with Gasteiger partial charge in [0, 0.05) is 33.2 Å². The predicted octanol–water partition coefficient (Wildman–Crippen LogP) is 1.71. The van der Waals surface area contributed by atoms with Gasteiger partial charge in [0.1, 0.15) is 5.69 Å². The van der Waals surface area contributed by atoms with Crippen molar-refractivity contribution in [3.63, 3.8) is 0 Å². The van der Waals surface area contributed by atoms with Crippen LogP contribution >= 0.6 is 0 Å². The Kier molecular flexibility index (Phi) is 5.20. The second kappa shape index (κ2) is 7.28. The second-order valence-electron chi connectivity index (χ2n) is 6.56. The SMILES string of the molecule is CCc1nn(C)c(N2CCN(S(=O)(=O)c3ccc(C)cc3)CC2)c1[N+](=O)[O-]. The average Bonchev–Trinajstić information content (AvgIpc) is 2.99. The minimum atomic E-state index is -3.57. The lowest BCUT2D eigenvalue weighted by Gasteiger charge is -2.34. The van der Waals surface area contributed by atoms with Crippen molar-refractivity contribution < 1.29 is 13.3 Å². The van der Waals surface area contributed by atoms with E-state index in [1.54, 1.807) is 31.3 Å². The fourth-order valence-electron chi connectivity index (χ4n) is 3.34.